The summed E-state index contributed by atoms with van der Waals surface area (Å²) < 4.78 is 10.1. The van der Waals surface area contributed by atoms with Gasteiger partial charge in [-0.1, -0.05) is 0 Å². The van der Waals surface area contributed by atoms with Gasteiger partial charge in [0.25, 0.3) is 0 Å². The molecular formula is C5H11O2P. The third kappa shape index (κ3) is 1.70. The first kappa shape index (κ1) is 6.47. The molecule has 8 heavy (non-hydrogen) atoms. The van der Waals surface area contributed by atoms with Crippen molar-refractivity contribution < 1.29 is 9.26 Å². The van der Waals surface area contributed by atoms with Gasteiger partial charge in [-0.2, -0.15) is 0 Å². The molecule has 1 unspecified atom stereocenters. The van der Waals surface area contributed by atoms with Crippen molar-refractivity contribution in [2.75, 3.05) is 13.2 Å². The summed E-state index contributed by atoms with van der Waals surface area (Å²) in [6, 6.07) is 0. The SMILES string of the molecule is POC1CCOCC1. The molecule has 1 aliphatic rings. The quantitative estimate of drug-likeness (QED) is 0.497. The summed E-state index contributed by atoms with van der Waals surface area (Å²) in [6.07, 6.45) is 2.52. The Balaban J connectivity index is 2.13. The fraction of sp³-hybridized carbons (Fsp3) is 1.00. The van der Waals surface area contributed by atoms with Gasteiger partial charge in [-0.3, -0.25) is 0 Å². The Morgan fingerprint density at radius 2 is 2.00 bits per heavy atom. The monoisotopic (exact) mass is 134 g/mol. The lowest BCUT2D eigenvalue weighted by Crippen LogP contribution is -2.20. The first-order chi connectivity index (χ1) is 3.93. The highest BCUT2D eigenvalue weighted by Gasteiger charge is 2.11. The average Bonchev–Trinajstić information content (AvgIpc) is 1.90. The molecule has 2 nitrogen and oxygen atoms in total. The van der Waals surface area contributed by atoms with Crippen LogP contribution >= 0.6 is 9.47 Å². The number of hydrogen-bond donors (Lipinski definition) is 0. The third-order valence-corrected chi connectivity index (χ3v) is 1.75. The molecule has 0 amide bonds. The predicted molar refractivity (Wildman–Crippen MR) is 34.6 cm³/mol. The van der Waals surface area contributed by atoms with Gasteiger partial charge in [0.2, 0.25) is 0 Å². The van der Waals surface area contributed by atoms with E-state index in [4.69, 9.17) is 9.26 Å². The second kappa shape index (κ2) is 3.39. The van der Waals surface area contributed by atoms with Crippen molar-refractivity contribution >= 4 is 9.47 Å². The molecule has 3 heteroatoms. The van der Waals surface area contributed by atoms with Crippen LogP contribution in [0.25, 0.3) is 0 Å². The van der Waals surface area contributed by atoms with E-state index in [9.17, 15) is 0 Å². The summed E-state index contributed by atoms with van der Waals surface area (Å²) in [6.45, 7) is 1.72. The summed E-state index contributed by atoms with van der Waals surface area (Å²) in [5, 5.41) is 0. The van der Waals surface area contributed by atoms with Crippen molar-refractivity contribution in [1.29, 1.82) is 0 Å². The van der Waals surface area contributed by atoms with Crippen molar-refractivity contribution in [2.24, 2.45) is 0 Å². The Hall–Kier alpha value is 0.350. The van der Waals surface area contributed by atoms with Crippen LogP contribution in [-0.2, 0) is 9.26 Å². The molecule has 0 aromatic heterocycles. The molecule has 0 radical (unpaired) electrons. The fourth-order valence-corrected chi connectivity index (χ4v) is 1.08. The van der Waals surface area contributed by atoms with Crippen molar-refractivity contribution in [3.8, 4) is 0 Å². The molecular weight excluding hydrogens is 123 g/mol. The minimum absolute atomic E-state index is 0.425. The van der Waals surface area contributed by atoms with Gasteiger partial charge in [0.15, 0.2) is 0 Å². The Bertz CT molecular complexity index is 61.4. The molecule has 1 fully saturated rings. The molecule has 0 aromatic carbocycles. The first-order valence-corrected chi connectivity index (χ1v) is 3.34. The van der Waals surface area contributed by atoms with Crippen LogP contribution in [0.4, 0.5) is 0 Å². The molecule has 48 valence electrons. The predicted octanol–water partition coefficient (Wildman–Crippen LogP) is 0.972. The van der Waals surface area contributed by atoms with Crippen LogP contribution in [0.5, 0.6) is 0 Å². The molecule has 1 atom stereocenters. The van der Waals surface area contributed by atoms with Crippen LogP contribution in [0.2, 0.25) is 0 Å². The van der Waals surface area contributed by atoms with Gasteiger partial charge in [-0.05, 0) is 12.8 Å². The Labute approximate surface area is 51.8 Å². The number of ether oxygens (including phenoxy) is 1. The highest BCUT2D eigenvalue weighted by Crippen LogP contribution is 2.12. The van der Waals surface area contributed by atoms with Crippen molar-refractivity contribution in [3.63, 3.8) is 0 Å². The zero-order valence-corrected chi connectivity index (χ0v) is 5.95. The van der Waals surface area contributed by atoms with Crippen LogP contribution in [0.3, 0.4) is 0 Å². The largest absolute Gasteiger partial charge is 0.381 e. The van der Waals surface area contributed by atoms with Gasteiger partial charge >= 0.3 is 0 Å². The van der Waals surface area contributed by atoms with Crippen LogP contribution in [0, 0.1) is 0 Å². The molecule has 0 saturated carbocycles. The van der Waals surface area contributed by atoms with E-state index in [1.807, 2.05) is 0 Å². The van der Waals surface area contributed by atoms with Gasteiger partial charge in [0.1, 0.15) is 0 Å². The van der Waals surface area contributed by atoms with Crippen LogP contribution in [0.15, 0.2) is 0 Å². The molecule has 0 spiro atoms. The molecule has 0 aliphatic carbocycles. The molecule has 0 aromatic rings. The normalized spacial score (nSPS) is 23.6. The zero-order chi connectivity index (χ0) is 5.82. The molecule has 0 bridgehead atoms. The van der Waals surface area contributed by atoms with Gasteiger partial charge < -0.3 is 9.26 Å². The lowest BCUT2D eigenvalue weighted by atomic mass is 10.2. The molecule has 1 rings (SSSR count). The van der Waals surface area contributed by atoms with Gasteiger partial charge in [0, 0.05) is 22.7 Å². The van der Waals surface area contributed by atoms with Gasteiger partial charge in [-0.15, -0.1) is 0 Å². The summed E-state index contributed by atoms with van der Waals surface area (Å²) >= 11 is 0. The lowest BCUT2D eigenvalue weighted by molar-refractivity contribution is 0.0333. The van der Waals surface area contributed by atoms with E-state index in [0.29, 0.717) is 6.10 Å². The van der Waals surface area contributed by atoms with E-state index < -0.39 is 0 Å². The van der Waals surface area contributed by atoms with E-state index in [1.54, 1.807) is 0 Å². The van der Waals surface area contributed by atoms with Gasteiger partial charge in [-0.25, -0.2) is 0 Å². The highest BCUT2D eigenvalue weighted by molar-refractivity contribution is 7.09. The Kier molecular flexibility index (Phi) is 2.74. The summed E-state index contributed by atoms with van der Waals surface area (Å²) in [5.41, 5.74) is 0. The van der Waals surface area contributed by atoms with E-state index >= 15 is 0 Å². The van der Waals surface area contributed by atoms with Crippen molar-refractivity contribution in [1.82, 2.24) is 0 Å². The van der Waals surface area contributed by atoms with E-state index in [0.717, 1.165) is 26.1 Å². The maximum atomic E-state index is 5.11. The third-order valence-electron chi connectivity index (χ3n) is 1.36. The lowest BCUT2D eigenvalue weighted by Gasteiger charge is -2.19. The summed E-state index contributed by atoms with van der Waals surface area (Å²) in [7, 11) is 2.29. The molecule has 1 aliphatic heterocycles. The van der Waals surface area contributed by atoms with E-state index in [-0.39, 0.29) is 0 Å². The van der Waals surface area contributed by atoms with E-state index in [1.165, 1.54) is 0 Å². The van der Waals surface area contributed by atoms with Crippen molar-refractivity contribution in [3.05, 3.63) is 0 Å². The van der Waals surface area contributed by atoms with Crippen molar-refractivity contribution in [2.45, 2.75) is 18.9 Å². The maximum absolute atomic E-state index is 5.11. The van der Waals surface area contributed by atoms with Crippen LogP contribution < -0.4 is 0 Å². The molecule has 0 N–H and O–H groups in total. The minimum atomic E-state index is 0.425. The van der Waals surface area contributed by atoms with Crippen LogP contribution in [-0.4, -0.2) is 19.3 Å². The topological polar surface area (TPSA) is 18.5 Å². The Morgan fingerprint density at radius 3 is 2.38 bits per heavy atom. The molecule has 1 saturated heterocycles. The minimum Gasteiger partial charge on any atom is -0.381 e. The maximum Gasteiger partial charge on any atom is 0.0654 e. The molecule has 1 heterocycles. The second-order valence-corrected chi connectivity index (χ2v) is 2.22. The zero-order valence-electron chi connectivity index (χ0n) is 4.80. The Morgan fingerprint density at radius 1 is 1.38 bits per heavy atom. The standard InChI is InChI=1S/C5H11O2P/c8-7-5-1-3-6-4-2-5/h5H,1-4,8H2. The smallest absolute Gasteiger partial charge is 0.0654 e. The number of rotatable bonds is 1. The summed E-state index contributed by atoms with van der Waals surface area (Å²) in [5.74, 6) is 0. The first-order valence-electron chi connectivity index (χ1n) is 2.87. The average molecular weight is 134 g/mol. The van der Waals surface area contributed by atoms with Crippen LogP contribution in [0.1, 0.15) is 12.8 Å². The number of hydrogen-bond acceptors (Lipinski definition) is 2. The van der Waals surface area contributed by atoms with E-state index in [2.05, 4.69) is 9.47 Å². The fourth-order valence-electron chi connectivity index (χ4n) is 0.812. The second-order valence-electron chi connectivity index (χ2n) is 1.95. The van der Waals surface area contributed by atoms with Gasteiger partial charge in [0.05, 0.1) is 6.10 Å². The highest BCUT2D eigenvalue weighted by atomic mass is 31.0. The summed E-state index contributed by atoms with van der Waals surface area (Å²) in [4.78, 5) is 0.